The lowest BCUT2D eigenvalue weighted by molar-refractivity contribution is 1.33. The molecule has 0 bridgehead atoms. The fourth-order valence-corrected chi connectivity index (χ4v) is 1.69. The Balaban J connectivity index is 0.000000186. The number of hydrogen-bond donors (Lipinski definition) is 1. The van der Waals surface area contributed by atoms with Gasteiger partial charge in [0.15, 0.2) is 0 Å². The van der Waals surface area contributed by atoms with E-state index in [4.69, 9.17) is 5.73 Å². The highest BCUT2D eigenvalue weighted by Crippen LogP contribution is 2.24. The summed E-state index contributed by atoms with van der Waals surface area (Å²) < 4.78 is 0. The molecule has 3 rings (SSSR count). The van der Waals surface area contributed by atoms with E-state index in [9.17, 15) is 0 Å². The Morgan fingerprint density at radius 1 is 0.632 bits per heavy atom. The number of para-hydroxylation sites is 1. The summed E-state index contributed by atoms with van der Waals surface area (Å²) in [6.45, 7) is 0. The molecule has 2 aromatic carbocycles. The Morgan fingerprint density at radius 3 is 1.74 bits per heavy atom. The van der Waals surface area contributed by atoms with Gasteiger partial charge in [-0.3, -0.25) is 4.98 Å². The van der Waals surface area contributed by atoms with Crippen molar-refractivity contribution in [1.82, 2.24) is 4.98 Å². The maximum absolute atomic E-state index is 5.85. The maximum Gasteiger partial charge on any atom is 0.0393 e. The van der Waals surface area contributed by atoms with Crippen LogP contribution in [0.2, 0.25) is 0 Å². The van der Waals surface area contributed by atoms with Crippen LogP contribution in [0.4, 0.5) is 5.69 Å². The van der Waals surface area contributed by atoms with Crippen LogP contribution in [0.3, 0.4) is 0 Å². The Kier molecular flexibility index (Phi) is 4.71. The van der Waals surface area contributed by atoms with E-state index < -0.39 is 0 Å². The summed E-state index contributed by atoms with van der Waals surface area (Å²) in [6, 6.07) is 23.8. The molecule has 2 heteroatoms. The first-order valence-corrected chi connectivity index (χ1v) is 6.13. The molecule has 1 heterocycles. The average Bonchev–Trinajstić information content (AvgIpc) is 2.51. The molecule has 3 aromatic rings. The molecule has 0 unspecified atom stereocenters. The summed E-state index contributed by atoms with van der Waals surface area (Å²) in [4.78, 5) is 3.78. The van der Waals surface area contributed by atoms with Crippen LogP contribution in [-0.4, -0.2) is 4.98 Å². The van der Waals surface area contributed by atoms with E-state index in [1.807, 2.05) is 60.7 Å². The molecule has 0 saturated heterocycles. The Hall–Kier alpha value is -2.61. The normalized spacial score (nSPS) is 9.26. The smallest absolute Gasteiger partial charge is 0.0393 e. The van der Waals surface area contributed by atoms with E-state index in [0.29, 0.717) is 0 Å². The van der Waals surface area contributed by atoms with Gasteiger partial charge in [-0.15, -0.1) is 0 Å². The third-order valence-corrected chi connectivity index (χ3v) is 2.61. The summed E-state index contributed by atoms with van der Waals surface area (Å²) in [6.07, 6.45) is 3.50. The van der Waals surface area contributed by atoms with Crippen molar-refractivity contribution in [3.05, 3.63) is 85.2 Å². The molecule has 0 radical (unpaired) electrons. The molecule has 0 aliphatic carbocycles. The zero-order valence-corrected chi connectivity index (χ0v) is 10.6. The van der Waals surface area contributed by atoms with Crippen LogP contribution in [0.1, 0.15) is 0 Å². The number of pyridine rings is 1. The third kappa shape index (κ3) is 3.96. The molecule has 0 aliphatic heterocycles. The Morgan fingerprint density at radius 2 is 1.21 bits per heavy atom. The SMILES string of the molecule is Nc1ccccc1-c1ccccc1.c1ccncc1. The highest BCUT2D eigenvalue weighted by Gasteiger charge is 1.98. The molecule has 0 spiro atoms. The molecule has 0 saturated carbocycles. The lowest BCUT2D eigenvalue weighted by Gasteiger charge is -2.03. The first kappa shape index (κ1) is 12.8. The second kappa shape index (κ2) is 6.97. The van der Waals surface area contributed by atoms with Gasteiger partial charge in [-0.05, 0) is 23.8 Å². The summed E-state index contributed by atoms with van der Waals surface area (Å²) in [7, 11) is 0. The van der Waals surface area contributed by atoms with Crippen LogP contribution in [0.25, 0.3) is 11.1 Å². The molecule has 19 heavy (non-hydrogen) atoms. The van der Waals surface area contributed by atoms with Crippen molar-refractivity contribution >= 4 is 5.69 Å². The quantitative estimate of drug-likeness (QED) is 0.661. The van der Waals surface area contributed by atoms with Crippen molar-refractivity contribution in [3.63, 3.8) is 0 Å². The fourth-order valence-electron chi connectivity index (χ4n) is 1.69. The lowest BCUT2D eigenvalue weighted by atomic mass is 10.0. The van der Waals surface area contributed by atoms with Crippen molar-refractivity contribution in [2.45, 2.75) is 0 Å². The van der Waals surface area contributed by atoms with Crippen molar-refractivity contribution in [1.29, 1.82) is 0 Å². The van der Waals surface area contributed by atoms with Gasteiger partial charge < -0.3 is 5.73 Å². The summed E-state index contributed by atoms with van der Waals surface area (Å²) in [5.74, 6) is 0. The monoisotopic (exact) mass is 248 g/mol. The molecule has 1 aromatic heterocycles. The summed E-state index contributed by atoms with van der Waals surface area (Å²) in [5.41, 5.74) is 8.95. The van der Waals surface area contributed by atoms with Crippen molar-refractivity contribution in [3.8, 4) is 11.1 Å². The molecular formula is C17H16N2. The zero-order chi connectivity index (χ0) is 13.3. The minimum Gasteiger partial charge on any atom is -0.398 e. The van der Waals surface area contributed by atoms with Crippen molar-refractivity contribution in [2.75, 3.05) is 5.73 Å². The van der Waals surface area contributed by atoms with Gasteiger partial charge in [0.25, 0.3) is 0 Å². The number of hydrogen-bond acceptors (Lipinski definition) is 2. The number of rotatable bonds is 1. The minimum absolute atomic E-state index is 0.828. The van der Waals surface area contributed by atoms with Crippen LogP contribution in [-0.2, 0) is 0 Å². The van der Waals surface area contributed by atoms with Gasteiger partial charge in [-0.1, -0.05) is 54.6 Å². The molecule has 2 N–H and O–H groups in total. The highest BCUT2D eigenvalue weighted by atomic mass is 14.6. The van der Waals surface area contributed by atoms with Crippen LogP contribution in [0.15, 0.2) is 85.2 Å². The third-order valence-electron chi connectivity index (χ3n) is 2.61. The standard InChI is InChI=1S/C12H11N.C5H5N/c13-12-9-5-4-8-11(12)10-6-2-1-3-7-10;1-2-4-6-5-3-1/h1-9H,13H2;1-5H. The lowest BCUT2D eigenvalue weighted by Crippen LogP contribution is -1.88. The largest absolute Gasteiger partial charge is 0.398 e. The number of nitrogen functional groups attached to an aromatic ring is 1. The maximum atomic E-state index is 5.85. The van der Waals surface area contributed by atoms with E-state index in [1.165, 1.54) is 5.56 Å². The Labute approximate surface area is 113 Å². The average molecular weight is 248 g/mol. The zero-order valence-electron chi connectivity index (χ0n) is 10.6. The first-order valence-electron chi connectivity index (χ1n) is 6.13. The molecular weight excluding hydrogens is 232 g/mol. The number of anilines is 1. The van der Waals surface area contributed by atoms with Crippen molar-refractivity contribution < 1.29 is 0 Å². The van der Waals surface area contributed by atoms with Gasteiger partial charge in [-0.2, -0.15) is 0 Å². The molecule has 94 valence electrons. The number of aromatic nitrogens is 1. The van der Waals surface area contributed by atoms with Gasteiger partial charge in [0.1, 0.15) is 0 Å². The molecule has 0 amide bonds. The second-order valence-electron chi connectivity index (χ2n) is 3.98. The van der Waals surface area contributed by atoms with Crippen LogP contribution >= 0.6 is 0 Å². The number of nitrogens with two attached hydrogens (primary N) is 1. The van der Waals surface area contributed by atoms with Crippen LogP contribution in [0.5, 0.6) is 0 Å². The first-order chi connectivity index (χ1) is 9.38. The van der Waals surface area contributed by atoms with E-state index in [-0.39, 0.29) is 0 Å². The van der Waals surface area contributed by atoms with Crippen LogP contribution < -0.4 is 5.73 Å². The summed E-state index contributed by atoms with van der Waals surface area (Å²) >= 11 is 0. The molecule has 0 atom stereocenters. The van der Waals surface area contributed by atoms with Gasteiger partial charge in [0.05, 0.1) is 0 Å². The number of benzene rings is 2. The predicted octanol–water partition coefficient (Wildman–Crippen LogP) is 4.02. The van der Waals surface area contributed by atoms with Gasteiger partial charge in [0, 0.05) is 23.6 Å². The van der Waals surface area contributed by atoms with Gasteiger partial charge >= 0.3 is 0 Å². The highest BCUT2D eigenvalue weighted by molar-refractivity contribution is 5.75. The summed E-state index contributed by atoms with van der Waals surface area (Å²) in [5, 5.41) is 0. The molecule has 2 nitrogen and oxygen atoms in total. The molecule has 0 fully saturated rings. The minimum atomic E-state index is 0.828. The molecule has 0 aliphatic rings. The Bertz CT molecular complexity index is 565. The van der Waals surface area contributed by atoms with E-state index in [2.05, 4.69) is 17.1 Å². The predicted molar refractivity (Wildman–Crippen MR) is 80.5 cm³/mol. The van der Waals surface area contributed by atoms with Crippen molar-refractivity contribution in [2.24, 2.45) is 0 Å². The van der Waals surface area contributed by atoms with Gasteiger partial charge in [-0.25, -0.2) is 0 Å². The van der Waals surface area contributed by atoms with Gasteiger partial charge in [0.2, 0.25) is 0 Å². The fraction of sp³-hybridized carbons (Fsp3) is 0. The second-order valence-corrected chi connectivity index (χ2v) is 3.98. The van der Waals surface area contributed by atoms with E-state index in [0.717, 1.165) is 11.3 Å². The van der Waals surface area contributed by atoms with E-state index >= 15 is 0 Å². The van der Waals surface area contributed by atoms with Crippen LogP contribution in [0, 0.1) is 0 Å². The number of nitrogens with zero attached hydrogens (tertiary/aromatic N) is 1. The van der Waals surface area contributed by atoms with E-state index in [1.54, 1.807) is 12.4 Å². The topological polar surface area (TPSA) is 38.9 Å².